The average molecular weight is 304 g/mol. The molecule has 2 rings (SSSR count). The van der Waals surface area contributed by atoms with E-state index in [4.69, 9.17) is 10.8 Å². The quantitative estimate of drug-likeness (QED) is 0.789. The van der Waals surface area contributed by atoms with Crippen LogP contribution in [0.2, 0.25) is 0 Å². The first-order valence-corrected chi connectivity index (χ1v) is 7.32. The van der Waals surface area contributed by atoms with Crippen LogP contribution in [0.25, 0.3) is 0 Å². The van der Waals surface area contributed by atoms with E-state index in [0.29, 0.717) is 30.5 Å². The zero-order valence-corrected chi connectivity index (χ0v) is 12.5. The maximum absolute atomic E-state index is 12.3. The average Bonchev–Trinajstić information content (AvgIpc) is 2.49. The monoisotopic (exact) mass is 304 g/mol. The third-order valence-corrected chi connectivity index (χ3v) is 4.16. The van der Waals surface area contributed by atoms with Crippen molar-refractivity contribution in [1.82, 2.24) is 0 Å². The Kier molecular flexibility index (Phi) is 4.80. The largest absolute Gasteiger partial charge is 0.481 e. The summed E-state index contributed by atoms with van der Waals surface area (Å²) in [6.07, 6.45) is 2.39. The maximum atomic E-state index is 12.3. The van der Waals surface area contributed by atoms with Crippen molar-refractivity contribution in [3.05, 3.63) is 29.3 Å². The Hall–Kier alpha value is -2.37. The Balaban J connectivity index is 2.07. The number of hydrogen-bond donors (Lipinski definition) is 3. The van der Waals surface area contributed by atoms with Crippen LogP contribution in [0.3, 0.4) is 0 Å². The van der Waals surface area contributed by atoms with Gasteiger partial charge < -0.3 is 16.2 Å². The Bertz CT molecular complexity index is 612. The molecule has 118 valence electrons. The lowest BCUT2D eigenvalue weighted by atomic mass is 9.81. The highest BCUT2D eigenvalue weighted by molar-refractivity contribution is 5.98. The van der Waals surface area contributed by atoms with Gasteiger partial charge in [-0.3, -0.25) is 14.4 Å². The Morgan fingerprint density at radius 1 is 1.23 bits per heavy atom. The van der Waals surface area contributed by atoms with E-state index in [1.54, 1.807) is 25.1 Å². The molecule has 0 aromatic heterocycles. The second-order valence-corrected chi connectivity index (χ2v) is 5.78. The van der Waals surface area contributed by atoms with Gasteiger partial charge >= 0.3 is 5.97 Å². The minimum atomic E-state index is -0.844. The second-order valence-electron chi connectivity index (χ2n) is 5.78. The van der Waals surface area contributed by atoms with Gasteiger partial charge in [-0.15, -0.1) is 0 Å². The van der Waals surface area contributed by atoms with Crippen LogP contribution in [-0.4, -0.2) is 22.9 Å². The van der Waals surface area contributed by atoms with Gasteiger partial charge in [0.1, 0.15) is 0 Å². The number of carbonyl (C=O) groups excluding carboxylic acids is 2. The summed E-state index contributed by atoms with van der Waals surface area (Å²) in [7, 11) is 0. The van der Waals surface area contributed by atoms with Gasteiger partial charge in [-0.2, -0.15) is 0 Å². The molecule has 4 N–H and O–H groups in total. The van der Waals surface area contributed by atoms with Crippen molar-refractivity contribution >= 4 is 23.5 Å². The van der Waals surface area contributed by atoms with Crippen molar-refractivity contribution in [2.75, 3.05) is 5.32 Å². The van der Waals surface area contributed by atoms with Gasteiger partial charge in [-0.1, -0.05) is 12.5 Å². The SMILES string of the molecule is Cc1ccc(NC(=O)C2CCCC(C(=O)O)C2)cc1C(N)=O. The third kappa shape index (κ3) is 3.63. The van der Waals surface area contributed by atoms with Gasteiger partial charge in [0, 0.05) is 17.2 Å². The molecule has 1 saturated carbocycles. The summed E-state index contributed by atoms with van der Waals surface area (Å²) in [5.41, 5.74) is 6.90. The summed E-state index contributed by atoms with van der Waals surface area (Å²) in [4.78, 5) is 34.7. The number of anilines is 1. The molecule has 0 saturated heterocycles. The van der Waals surface area contributed by atoms with E-state index in [-0.39, 0.29) is 11.8 Å². The van der Waals surface area contributed by atoms with Crippen LogP contribution in [0.5, 0.6) is 0 Å². The molecule has 1 aliphatic rings. The van der Waals surface area contributed by atoms with Gasteiger partial charge in [0.15, 0.2) is 0 Å². The molecule has 0 radical (unpaired) electrons. The van der Waals surface area contributed by atoms with Crippen molar-refractivity contribution in [2.24, 2.45) is 17.6 Å². The number of carboxylic acid groups (broad SMARTS) is 1. The van der Waals surface area contributed by atoms with Crippen molar-refractivity contribution in [1.29, 1.82) is 0 Å². The highest BCUT2D eigenvalue weighted by atomic mass is 16.4. The van der Waals surface area contributed by atoms with Crippen LogP contribution in [0, 0.1) is 18.8 Å². The minimum Gasteiger partial charge on any atom is -0.481 e. The molecule has 0 spiro atoms. The zero-order chi connectivity index (χ0) is 16.3. The summed E-state index contributed by atoms with van der Waals surface area (Å²) >= 11 is 0. The maximum Gasteiger partial charge on any atom is 0.306 e. The molecular weight excluding hydrogens is 284 g/mol. The van der Waals surface area contributed by atoms with E-state index in [1.165, 1.54) is 0 Å². The van der Waals surface area contributed by atoms with Crippen molar-refractivity contribution in [2.45, 2.75) is 32.6 Å². The molecule has 6 heteroatoms. The second kappa shape index (κ2) is 6.60. The number of aryl methyl sites for hydroxylation is 1. The number of primary amides is 1. The summed E-state index contributed by atoms with van der Waals surface area (Å²) in [5.74, 6) is -2.36. The fourth-order valence-electron chi connectivity index (χ4n) is 2.86. The summed E-state index contributed by atoms with van der Waals surface area (Å²) < 4.78 is 0. The molecule has 6 nitrogen and oxygen atoms in total. The number of hydrogen-bond acceptors (Lipinski definition) is 3. The number of aliphatic carboxylic acids is 1. The molecule has 2 atom stereocenters. The first-order chi connectivity index (χ1) is 10.4. The van der Waals surface area contributed by atoms with Crippen LogP contribution >= 0.6 is 0 Å². The van der Waals surface area contributed by atoms with Gasteiger partial charge in [-0.25, -0.2) is 0 Å². The lowest BCUT2D eigenvalue weighted by molar-refractivity contribution is -0.143. The van der Waals surface area contributed by atoms with Crippen LogP contribution in [0.15, 0.2) is 18.2 Å². The van der Waals surface area contributed by atoms with E-state index in [1.807, 2.05) is 0 Å². The highest BCUT2D eigenvalue weighted by Crippen LogP contribution is 2.30. The number of nitrogens with two attached hydrogens (primary N) is 1. The predicted molar refractivity (Wildman–Crippen MR) is 81.4 cm³/mol. The molecule has 1 fully saturated rings. The molecule has 0 heterocycles. The molecule has 1 aliphatic carbocycles. The minimum absolute atomic E-state index is 0.203. The van der Waals surface area contributed by atoms with Gasteiger partial charge in [0.05, 0.1) is 5.92 Å². The highest BCUT2D eigenvalue weighted by Gasteiger charge is 2.31. The number of carboxylic acids is 1. The standard InChI is InChI=1S/C16H20N2O4/c1-9-5-6-12(8-13(9)14(17)19)18-15(20)10-3-2-4-11(7-10)16(21)22/h5-6,8,10-11H,2-4,7H2,1H3,(H2,17,19)(H,18,20)(H,21,22). The van der Waals surface area contributed by atoms with E-state index in [2.05, 4.69) is 5.32 Å². The molecule has 0 bridgehead atoms. The number of rotatable bonds is 4. The Morgan fingerprint density at radius 3 is 2.55 bits per heavy atom. The van der Waals surface area contributed by atoms with E-state index in [9.17, 15) is 14.4 Å². The number of carbonyl (C=O) groups is 3. The smallest absolute Gasteiger partial charge is 0.306 e. The third-order valence-electron chi connectivity index (χ3n) is 4.16. The first kappa shape index (κ1) is 16.0. The van der Waals surface area contributed by atoms with E-state index >= 15 is 0 Å². The lowest BCUT2D eigenvalue weighted by Gasteiger charge is -2.25. The van der Waals surface area contributed by atoms with Gasteiger partial charge in [0.2, 0.25) is 11.8 Å². The molecule has 1 aromatic carbocycles. The van der Waals surface area contributed by atoms with Crippen LogP contribution in [0.4, 0.5) is 5.69 Å². The van der Waals surface area contributed by atoms with E-state index < -0.39 is 17.8 Å². The summed E-state index contributed by atoms with van der Waals surface area (Å²) in [5, 5.41) is 11.8. The Morgan fingerprint density at radius 2 is 1.91 bits per heavy atom. The molecular formula is C16H20N2O4. The summed E-state index contributed by atoms with van der Waals surface area (Å²) in [6, 6.07) is 4.97. The molecule has 2 amide bonds. The lowest BCUT2D eigenvalue weighted by Crippen LogP contribution is -2.31. The number of benzene rings is 1. The summed E-state index contributed by atoms with van der Waals surface area (Å²) in [6.45, 7) is 1.77. The fraction of sp³-hybridized carbons (Fsp3) is 0.438. The van der Waals surface area contributed by atoms with Gasteiger partial charge in [0.25, 0.3) is 0 Å². The molecule has 2 unspecified atom stereocenters. The normalized spacial score (nSPS) is 21.1. The fourth-order valence-corrected chi connectivity index (χ4v) is 2.86. The topological polar surface area (TPSA) is 109 Å². The van der Waals surface area contributed by atoms with Crippen LogP contribution < -0.4 is 11.1 Å². The van der Waals surface area contributed by atoms with Crippen molar-refractivity contribution in [3.63, 3.8) is 0 Å². The predicted octanol–water partition coefficient (Wildman–Crippen LogP) is 1.92. The molecule has 22 heavy (non-hydrogen) atoms. The molecule has 1 aromatic rings. The first-order valence-electron chi connectivity index (χ1n) is 7.32. The number of nitrogens with one attached hydrogen (secondary N) is 1. The van der Waals surface area contributed by atoms with Gasteiger partial charge in [-0.05, 0) is 43.9 Å². The van der Waals surface area contributed by atoms with Crippen LogP contribution in [0.1, 0.15) is 41.6 Å². The van der Waals surface area contributed by atoms with Crippen molar-refractivity contribution in [3.8, 4) is 0 Å². The van der Waals surface area contributed by atoms with E-state index in [0.717, 1.165) is 12.0 Å². The Labute approximate surface area is 128 Å². The van der Waals surface area contributed by atoms with Crippen molar-refractivity contribution < 1.29 is 19.5 Å². The molecule has 0 aliphatic heterocycles. The van der Waals surface area contributed by atoms with Crippen LogP contribution in [-0.2, 0) is 9.59 Å². The number of amides is 2. The zero-order valence-electron chi connectivity index (χ0n) is 12.5.